The van der Waals surface area contributed by atoms with Gasteiger partial charge in [0.1, 0.15) is 13.6 Å². The molecule has 0 aromatic rings. The van der Waals surface area contributed by atoms with Crippen LogP contribution in [-0.4, -0.2) is 28.0 Å². The molecular formula is C3H5BINO3S. The summed E-state index contributed by atoms with van der Waals surface area (Å²) in [4.78, 5) is 10.4. The molecular weight excluding hydrogens is 268 g/mol. The van der Waals surface area contributed by atoms with Crippen molar-refractivity contribution in [2.24, 2.45) is 0 Å². The van der Waals surface area contributed by atoms with Crippen molar-refractivity contribution in [2.45, 2.75) is 12.9 Å². The van der Waals surface area contributed by atoms with Gasteiger partial charge in [-0.2, -0.15) is 0 Å². The molecule has 0 saturated heterocycles. The molecule has 0 rings (SSSR count). The monoisotopic (exact) mass is 273 g/mol. The third-order valence-corrected chi connectivity index (χ3v) is 2.00. The molecule has 0 aliphatic rings. The summed E-state index contributed by atoms with van der Waals surface area (Å²) in [5.74, 6) is -1.54. The van der Waals surface area contributed by atoms with Crippen molar-refractivity contribution in [3.63, 3.8) is 0 Å². The average molecular weight is 273 g/mol. The molecule has 0 aromatic heterocycles. The van der Waals surface area contributed by atoms with Gasteiger partial charge in [0.25, 0.3) is 7.19 Å². The first kappa shape index (κ1) is 10.4. The van der Waals surface area contributed by atoms with Gasteiger partial charge in [-0.05, 0) is 6.92 Å². The van der Waals surface area contributed by atoms with Gasteiger partial charge in [0.05, 0.1) is 21.2 Å². The minimum absolute atomic E-state index is 0.416. The van der Waals surface area contributed by atoms with Crippen LogP contribution in [0.25, 0.3) is 0 Å². The molecule has 1 atom stereocenters. The molecule has 56 valence electrons. The first-order valence-electron chi connectivity index (χ1n) is 2.31. The average Bonchev–Trinajstić information content (AvgIpc) is 1.60. The quantitative estimate of drug-likeness (QED) is 0.422. The summed E-state index contributed by atoms with van der Waals surface area (Å²) in [6.07, 6.45) is 0. The normalized spacial score (nSPS) is 14.6. The predicted molar refractivity (Wildman–Crippen MR) is 46.3 cm³/mol. The molecule has 0 fully saturated rings. The van der Waals surface area contributed by atoms with E-state index in [1.807, 2.05) is 4.72 Å². The van der Waals surface area contributed by atoms with E-state index in [0.717, 1.165) is 21.2 Å². The number of carbonyl (C=O) groups is 1. The maximum Gasteiger partial charge on any atom is 0.265 e. The Labute approximate surface area is 72.8 Å². The largest absolute Gasteiger partial charge is 0.299 e. The third kappa shape index (κ3) is 5.18. The molecule has 1 unspecified atom stereocenters. The zero-order valence-electron chi connectivity index (χ0n) is 5.17. The highest BCUT2D eigenvalue weighted by Gasteiger charge is 2.12. The Hall–Kier alpha value is 0.375. The van der Waals surface area contributed by atoms with Crippen molar-refractivity contribution in [3.05, 3.63) is 0 Å². The molecule has 0 saturated carbocycles. The number of rotatable bonds is 3. The number of nitrogens with one attached hydrogen (secondary N) is 1. The number of hydrogen-bond acceptors (Lipinski definition) is 3. The molecule has 4 nitrogen and oxygen atoms in total. The van der Waals surface area contributed by atoms with Crippen molar-refractivity contribution in [1.82, 2.24) is 4.72 Å². The van der Waals surface area contributed by atoms with Crippen molar-refractivity contribution < 1.29 is 13.2 Å². The van der Waals surface area contributed by atoms with Crippen molar-refractivity contribution in [2.75, 3.05) is 0 Å². The second-order valence-electron chi connectivity index (χ2n) is 1.64. The fourth-order valence-corrected chi connectivity index (χ4v) is 1.53. The Balaban J connectivity index is 4.06. The molecule has 0 amide bonds. The van der Waals surface area contributed by atoms with E-state index in [1.165, 1.54) is 6.92 Å². The van der Waals surface area contributed by atoms with Crippen LogP contribution in [0.2, 0.25) is 0 Å². The van der Waals surface area contributed by atoms with Gasteiger partial charge in [-0.15, -0.1) is 0 Å². The molecule has 2 radical (unpaired) electrons. The Bertz CT molecular complexity index is 226. The highest BCUT2D eigenvalue weighted by atomic mass is 127. The standard InChI is InChI=1S/C3H5BINO3S/c1-2(7)3(4)6-10(5,8)9/h3,6H,1H3. The van der Waals surface area contributed by atoms with E-state index in [4.69, 9.17) is 7.85 Å². The van der Waals surface area contributed by atoms with E-state index in [9.17, 15) is 13.2 Å². The summed E-state index contributed by atoms with van der Waals surface area (Å²) in [5, 5.41) is 0. The second-order valence-corrected chi connectivity index (χ2v) is 6.23. The Morgan fingerprint density at radius 1 is 1.70 bits per heavy atom. The molecule has 0 heterocycles. The number of hydrogen-bond donors (Lipinski definition) is 1. The summed E-state index contributed by atoms with van der Waals surface area (Å²) in [7, 11) is 1.66. The maximum atomic E-state index is 10.4. The van der Waals surface area contributed by atoms with E-state index in [0.29, 0.717) is 0 Å². The molecule has 1 N–H and O–H groups in total. The summed E-state index contributed by atoms with van der Waals surface area (Å²) >= 11 is 1.15. The lowest BCUT2D eigenvalue weighted by Crippen LogP contribution is -2.37. The number of halogens is 1. The molecule has 0 bridgehead atoms. The molecule has 10 heavy (non-hydrogen) atoms. The zero-order chi connectivity index (χ0) is 8.36. The van der Waals surface area contributed by atoms with Gasteiger partial charge in [-0.3, -0.25) is 4.79 Å². The van der Waals surface area contributed by atoms with Gasteiger partial charge in [0.2, 0.25) is 0 Å². The first-order chi connectivity index (χ1) is 4.33. The van der Waals surface area contributed by atoms with Gasteiger partial charge in [-0.1, -0.05) is 0 Å². The second kappa shape index (κ2) is 3.68. The molecule has 0 aromatic carbocycles. The zero-order valence-corrected chi connectivity index (χ0v) is 8.14. The summed E-state index contributed by atoms with van der Waals surface area (Å²) in [5.41, 5.74) is 0. The van der Waals surface area contributed by atoms with Crippen LogP contribution < -0.4 is 4.72 Å². The van der Waals surface area contributed by atoms with Crippen LogP contribution >= 0.6 is 21.2 Å². The lowest BCUT2D eigenvalue weighted by atomic mass is 9.94. The van der Waals surface area contributed by atoms with E-state index < -0.39 is 18.9 Å². The lowest BCUT2D eigenvalue weighted by molar-refractivity contribution is -0.116. The Morgan fingerprint density at radius 3 is 2.20 bits per heavy atom. The summed E-state index contributed by atoms with van der Waals surface area (Å²) in [6.45, 7) is 1.21. The van der Waals surface area contributed by atoms with Crippen LogP contribution in [0.5, 0.6) is 0 Å². The smallest absolute Gasteiger partial charge is 0.265 e. The molecule has 0 aliphatic heterocycles. The number of carbonyl (C=O) groups excluding carboxylic acids is 1. The van der Waals surface area contributed by atoms with Crippen molar-refractivity contribution in [3.8, 4) is 0 Å². The van der Waals surface area contributed by atoms with Gasteiger partial charge >= 0.3 is 0 Å². The van der Waals surface area contributed by atoms with E-state index in [2.05, 4.69) is 0 Å². The van der Waals surface area contributed by atoms with Gasteiger partial charge < -0.3 is 0 Å². The van der Waals surface area contributed by atoms with Crippen LogP contribution in [0.3, 0.4) is 0 Å². The van der Waals surface area contributed by atoms with Crippen LogP contribution in [-0.2, 0) is 12.0 Å². The topological polar surface area (TPSA) is 63.2 Å². The maximum absolute atomic E-state index is 10.4. The minimum atomic E-state index is -3.39. The highest BCUT2D eigenvalue weighted by Crippen LogP contribution is 1.96. The Morgan fingerprint density at radius 2 is 2.10 bits per heavy atom. The molecule has 0 spiro atoms. The van der Waals surface area contributed by atoms with Crippen LogP contribution in [0, 0.1) is 0 Å². The summed E-state index contributed by atoms with van der Waals surface area (Å²) < 4.78 is 22.7. The molecule has 7 heteroatoms. The fraction of sp³-hybridized carbons (Fsp3) is 0.667. The van der Waals surface area contributed by atoms with Crippen LogP contribution in [0.1, 0.15) is 6.92 Å². The predicted octanol–water partition coefficient (Wildman–Crippen LogP) is -0.661. The molecule has 0 aliphatic carbocycles. The SMILES string of the molecule is [B]C(NS(=O)(=O)I)C(C)=O. The van der Waals surface area contributed by atoms with Crippen LogP contribution in [0.4, 0.5) is 0 Å². The van der Waals surface area contributed by atoms with E-state index >= 15 is 0 Å². The van der Waals surface area contributed by atoms with E-state index in [-0.39, 0.29) is 0 Å². The van der Waals surface area contributed by atoms with Gasteiger partial charge in [0, 0.05) is 5.94 Å². The van der Waals surface area contributed by atoms with Gasteiger partial charge in [-0.25, -0.2) is 13.1 Å². The van der Waals surface area contributed by atoms with Crippen molar-refractivity contribution >= 4 is 42.0 Å². The summed E-state index contributed by atoms with van der Waals surface area (Å²) in [6, 6.07) is 0. The lowest BCUT2D eigenvalue weighted by Gasteiger charge is -2.05. The van der Waals surface area contributed by atoms with Gasteiger partial charge in [0.15, 0.2) is 0 Å². The number of Topliss-reactive ketones (excluding diaryl/α,β-unsaturated/α-hetero) is 1. The first-order valence-corrected chi connectivity index (χ1v) is 6.33. The van der Waals surface area contributed by atoms with Crippen molar-refractivity contribution in [1.29, 1.82) is 0 Å². The third-order valence-electron chi connectivity index (χ3n) is 0.706. The minimum Gasteiger partial charge on any atom is -0.299 e. The highest BCUT2D eigenvalue weighted by molar-refractivity contribution is 14.2. The van der Waals surface area contributed by atoms with Crippen LogP contribution in [0.15, 0.2) is 0 Å². The van der Waals surface area contributed by atoms with E-state index in [1.54, 1.807) is 0 Å². The number of ketones is 1. The fourth-order valence-electron chi connectivity index (χ4n) is 0.235. The Kier molecular flexibility index (Phi) is 3.81.